The van der Waals surface area contributed by atoms with Gasteiger partial charge in [0.25, 0.3) is 0 Å². The van der Waals surface area contributed by atoms with Gasteiger partial charge < -0.3 is 23.0 Å². The Labute approximate surface area is 166 Å². The van der Waals surface area contributed by atoms with E-state index in [-0.39, 0.29) is 24.4 Å². The fourth-order valence-corrected chi connectivity index (χ4v) is 4.55. The van der Waals surface area contributed by atoms with E-state index in [1.807, 2.05) is 6.92 Å². The maximum absolute atomic E-state index is 8.78. The molecule has 1 aliphatic rings. The van der Waals surface area contributed by atoms with E-state index in [1.54, 1.807) is 7.11 Å². The fourth-order valence-electron chi connectivity index (χ4n) is 3.29. The third kappa shape index (κ3) is 8.73. The number of hydrogen-bond donors (Lipinski definition) is 0. The number of nitrogens with zero attached hydrogens (tertiary/aromatic N) is 1. The van der Waals surface area contributed by atoms with E-state index < -0.39 is 8.60 Å². The zero-order valence-corrected chi connectivity index (χ0v) is 18.6. The molecule has 27 heavy (non-hydrogen) atoms. The van der Waals surface area contributed by atoms with Crippen LogP contribution in [-0.2, 0) is 23.0 Å². The maximum atomic E-state index is 8.78. The number of nitriles is 1. The van der Waals surface area contributed by atoms with E-state index in [0.29, 0.717) is 25.6 Å². The predicted molar refractivity (Wildman–Crippen MR) is 107 cm³/mol. The lowest BCUT2D eigenvalue weighted by molar-refractivity contribution is -0.0116. The first-order valence-electron chi connectivity index (χ1n) is 10.4. The van der Waals surface area contributed by atoms with E-state index in [9.17, 15) is 0 Å². The maximum Gasteiger partial charge on any atom is 0.333 e. The summed E-state index contributed by atoms with van der Waals surface area (Å²) < 4.78 is 29.6. The molecule has 1 aliphatic heterocycles. The normalized spacial score (nSPS) is 27.4. The molecule has 6 nitrogen and oxygen atoms in total. The molecule has 1 rings (SSSR count). The highest BCUT2D eigenvalue weighted by molar-refractivity contribution is 7.41. The van der Waals surface area contributed by atoms with Crippen LogP contribution >= 0.6 is 8.60 Å². The number of rotatable bonds is 15. The summed E-state index contributed by atoms with van der Waals surface area (Å²) in [6, 6.07) is 2.10. The van der Waals surface area contributed by atoms with Crippen molar-refractivity contribution in [1.82, 2.24) is 0 Å². The molecule has 0 aromatic rings. The van der Waals surface area contributed by atoms with E-state index in [1.165, 1.54) is 19.3 Å². The Morgan fingerprint density at radius 3 is 2.52 bits per heavy atom. The summed E-state index contributed by atoms with van der Waals surface area (Å²) in [4.78, 5) is 0. The number of methoxy groups -OCH3 is 1. The number of ether oxygens (including phenoxy) is 2. The molecule has 3 unspecified atom stereocenters. The summed E-state index contributed by atoms with van der Waals surface area (Å²) in [6.45, 7) is 9.42. The highest BCUT2D eigenvalue weighted by Crippen LogP contribution is 2.45. The highest BCUT2D eigenvalue weighted by Gasteiger charge is 2.44. The van der Waals surface area contributed by atoms with Gasteiger partial charge in [-0.2, -0.15) is 5.26 Å². The first-order chi connectivity index (χ1) is 13.1. The topological polar surface area (TPSA) is 69.9 Å². The van der Waals surface area contributed by atoms with Gasteiger partial charge in [-0.1, -0.05) is 46.5 Å². The standard InChI is InChI=1S/C20H38NO5P/c1-6-9-10-12-17(7-2)15-24-27(23-14-11-13-21)26-19-16(4)25-18(8-3)20(19)22-5/h16-20H,6-12,14-15H2,1-5H3/t16-,17?,18+,19?,20-,27?/m0/s1. The Kier molecular flexibility index (Phi) is 13.5. The second-order valence-corrected chi connectivity index (χ2v) is 8.26. The Hall–Kier alpha value is -0.280. The third-order valence-electron chi connectivity index (χ3n) is 5.04. The fraction of sp³-hybridized carbons (Fsp3) is 0.950. The Balaban J connectivity index is 2.63. The molecule has 7 heteroatoms. The van der Waals surface area contributed by atoms with Crippen LogP contribution < -0.4 is 0 Å². The minimum atomic E-state index is -1.53. The first kappa shape index (κ1) is 24.8. The quantitative estimate of drug-likeness (QED) is 0.271. The van der Waals surface area contributed by atoms with Crippen molar-refractivity contribution >= 4 is 8.60 Å². The molecule has 0 radical (unpaired) electrons. The van der Waals surface area contributed by atoms with Crippen LogP contribution in [0.2, 0.25) is 0 Å². The van der Waals surface area contributed by atoms with Gasteiger partial charge in [-0.25, -0.2) is 0 Å². The van der Waals surface area contributed by atoms with Gasteiger partial charge in [0.2, 0.25) is 0 Å². The Bertz CT molecular complexity index is 420. The Morgan fingerprint density at radius 1 is 1.15 bits per heavy atom. The van der Waals surface area contributed by atoms with Gasteiger partial charge in [0.15, 0.2) is 0 Å². The van der Waals surface area contributed by atoms with Crippen molar-refractivity contribution in [3.8, 4) is 6.07 Å². The zero-order chi connectivity index (χ0) is 20.1. The lowest BCUT2D eigenvalue weighted by atomic mass is 10.00. The second-order valence-electron chi connectivity index (χ2n) is 7.09. The molecular formula is C20H38NO5P. The van der Waals surface area contributed by atoms with Crippen molar-refractivity contribution in [2.45, 2.75) is 97.1 Å². The van der Waals surface area contributed by atoms with Gasteiger partial charge in [-0.15, -0.1) is 0 Å². The van der Waals surface area contributed by atoms with Crippen LogP contribution in [0.5, 0.6) is 0 Å². The van der Waals surface area contributed by atoms with Crippen LogP contribution in [0.15, 0.2) is 0 Å². The van der Waals surface area contributed by atoms with E-state index in [4.69, 9.17) is 28.3 Å². The van der Waals surface area contributed by atoms with Crippen LogP contribution in [0, 0.1) is 17.2 Å². The van der Waals surface area contributed by atoms with E-state index >= 15 is 0 Å². The van der Waals surface area contributed by atoms with Crippen LogP contribution in [0.25, 0.3) is 0 Å². The van der Waals surface area contributed by atoms with Crippen molar-refractivity contribution in [2.75, 3.05) is 20.3 Å². The molecule has 0 aromatic heterocycles. The van der Waals surface area contributed by atoms with Crippen molar-refractivity contribution in [3.05, 3.63) is 0 Å². The molecule has 0 saturated carbocycles. The molecule has 0 bridgehead atoms. The van der Waals surface area contributed by atoms with Crippen LogP contribution in [0.3, 0.4) is 0 Å². The molecule has 1 saturated heterocycles. The number of hydrogen-bond acceptors (Lipinski definition) is 6. The van der Waals surface area contributed by atoms with Crippen LogP contribution in [0.1, 0.15) is 72.6 Å². The summed E-state index contributed by atoms with van der Waals surface area (Å²) >= 11 is 0. The lowest BCUT2D eigenvalue weighted by Gasteiger charge is -2.26. The molecule has 1 fully saturated rings. The monoisotopic (exact) mass is 403 g/mol. The minimum Gasteiger partial charge on any atom is -0.376 e. The van der Waals surface area contributed by atoms with Gasteiger partial charge >= 0.3 is 8.60 Å². The summed E-state index contributed by atoms with van der Waals surface area (Å²) in [6.07, 6.45) is 6.70. The summed E-state index contributed by atoms with van der Waals surface area (Å²) in [5.41, 5.74) is 0. The van der Waals surface area contributed by atoms with Crippen LogP contribution in [0.4, 0.5) is 0 Å². The van der Waals surface area contributed by atoms with Crippen molar-refractivity contribution in [3.63, 3.8) is 0 Å². The average molecular weight is 404 g/mol. The third-order valence-corrected chi connectivity index (χ3v) is 6.21. The minimum absolute atomic E-state index is 0.0170. The van der Waals surface area contributed by atoms with Crippen molar-refractivity contribution < 1.29 is 23.0 Å². The molecular weight excluding hydrogens is 365 g/mol. The first-order valence-corrected chi connectivity index (χ1v) is 11.5. The average Bonchev–Trinajstić information content (AvgIpc) is 2.98. The second kappa shape index (κ2) is 14.7. The molecule has 1 heterocycles. The van der Waals surface area contributed by atoms with Gasteiger partial charge in [0.1, 0.15) is 12.2 Å². The van der Waals surface area contributed by atoms with Gasteiger partial charge in [-0.3, -0.25) is 0 Å². The molecule has 0 aromatic carbocycles. The summed E-state index contributed by atoms with van der Waals surface area (Å²) in [5.74, 6) is 0.503. The predicted octanol–water partition coefficient (Wildman–Crippen LogP) is 5.36. The molecule has 0 amide bonds. The zero-order valence-electron chi connectivity index (χ0n) is 17.7. The van der Waals surface area contributed by atoms with Gasteiger partial charge in [0, 0.05) is 7.11 Å². The van der Waals surface area contributed by atoms with Crippen molar-refractivity contribution in [1.29, 1.82) is 5.26 Å². The Morgan fingerprint density at radius 2 is 1.93 bits per heavy atom. The SMILES string of the molecule is CCCCCC(CC)COP(OCCC#N)OC1[C@H](C)O[C@H](CC)[C@@H]1OC. The van der Waals surface area contributed by atoms with Crippen LogP contribution in [-0.4, -0.2) is 44.7 Å². The summed E-state index contributed by atoms with van der Waals surface area (Å²) in [5, 5.41) is 8.78. The molecule has 6 atom stereocenters. The highest BCUT2D eigenvalue weighted by atomic mass is 31.2. The molecule has 0 spiro atoms. The molecule has 158 valence electrons. The number of unbranched alkanes of at least 4 members (excludes halogenated alkanes) is 2. The lowest BCUT2D eigenvalue weighted by Crippen LogP contribution is -2.35. The largest absolute Gasteiger partial charge is 0.376 e. The summed E-state index contributed by atoms with van der Waals surface area (Å²) in [7, 11) is 0.152. The van der Waals surface area contributed by atoms with Gasteiger partial charge in [0.05, 0.1) is 37.9 Å². The van der Waals surface area contributed by atoms with E-state index in [0.717, 1.165) is 19.3 Å². The molecule has 0 aliphatic carbocycles. The van der Waals surface area contributed by atoms with E-state index in [2.05, 4.69) is 26.8 Å². The van der Waals surface area contributed by atoms with Gasteiger partial charge in [-0.05, 0) is 25.7 Å². The smallest absolute Gasteiger partial charge is 0.333 e. The van der Waals surface area contributed by atoms with Crippen molar-refractivity contribution in [2.24, 2.45) is 5.92 Å². The molecule has 0 N–H and O–H groups in total.